The van der Waals surface area contributed by atoms with Crippen molar-refractivity contribution in [2.24, 2.45) is 11.3 Å². The smallest absolute Gasteiger partial charge is 0.0632 e. The first-order valence-electron chi connectivity index (χ1n) is 9.02. The molecule has 0 amide bonds. The van der Waals surface area contributed by atoms with Gasteiger partial charge >= 0.3 is 0 Å². The molecule has 1 saturated carbocycles. The predicted molar refractivity (Wildman–Crippen MR) is 89.5 cm³/mol. The highest BCUT2D eigenvalue weighted by atomic mass is 16.3. The quantitative estimate of drug-likeness (QED) is 0.837. The standard InChI is InChI=1S/C18H36N2O/c1-5-19-16-15(8-6-9-17(16,2)3)14-20-12-7-10-18(4,21)11-13-20/h15-16,19,21H,5-14H2,1-4H3. The molecular weight excluding hydrogens is 260 g/mol. The van der Waals surface area contributed by atoms with Gasteiger partial charge < -0.3 is 15.3 Å². The Balaban J connectivity index is 1.96. The lowest BCUT2D eigenvalue weighted by Gasteiger charge is -2.46. The van der Waals surface area contributed by atoms with Gasteiger partial charge in [-0.25, -0.2) is 0 Å². The molecule has 0 aromatic rings. The number of nitrogens with one attached hydrogen (secondary N) is 1. The Hall–Kier alpha value is -0.120. The van der Waals surface area contributed by atoms with Crippen LogP contribution in [0, 0.1) is 11.3 Å². The van der Waals surface area contributed by atoms with E-state index in [0.29, 0.717) is 11.5 Å². The summed E-state index contributed by atoms with van der Waals surface area (Å²) in [7, 11) is 0. The summed E-state index contributed by atoms with van der Waals surface area (Å²) < 4.78 is 0. The molecule has 3 unspecified atom stereocenters. The summed E-state index contributed by atoms with van der Waals surface area (Å²) in [5.41, 5.74) is -0.0298. The largest absolute Gasteiger partial charge is 0.390 e. The summed E-state index contributed by atoms with van der Waals surface area (Å²) in [6, 6.07) is 0.639. The molecule has 3 atom stereocenters. The fraction of sp³-hybridized carbons (Fsp3) is 1.00. The molecule has 124 valence electrons. The van der Waals surface area contributed by atoms with Crippen molar-refractivity contribution in [3.05, 3.63) is 0 Å². The van der Waals surface area contributed by atoms with Crippen molar-refractivity contribution in [1.29, 1.82) is 0 Å². The lowest BCUT2D eigenvalue weighted by atomic mass is 9.67. The van der Waals surface area contributed by atoms with Crippen LogP contribution in [-0.2, 0) is 0 Å². The maximum Gasteiger partial charge on any atom is 0.0632 e. The first-order chi connectivity index (χ1) is 9.84. The molecule has 1 saturated heterocycles. The van der Waals surface area contributed by atoms with Gasteiger partial charge in [-0.2, -0.15) is 0 Å². The highest BCUT2D eigenvalue weighted by molar-refractivity contribution is 4.94. The Bertz CT molecular complexity index is 327. The van der Waals surface area contributed by atoms with Crippen molar-refractivity contribution in [2.45, 2.75) is 77.9 Å². The van der Waals surface area contributed by atoms with Gasteiger partial charge in [-0.15, -0.1) is 0 Å². The molecule has 0 aromatic carbocycles. The Labute approximate surface area is 131 Å². The Morgan fingerprint density at radius 2 is 1.86 bits per heavy atom. The Morgan fingerprint density at radius 3 is 2.57 bits per heavy atom. The highest BCUT2D eigenvalue weighted by Gasteiger charge is 2.39. The van der Waals surface area contributed by atoms with Crippen LogP contribution in [0.25, 0.3) is 0 Å². The molecule has 0 spiro atoms. The van der Waals surface area contributed by atoms with Crippen LogP contribution in [-0.4, -0.2) is 47.8 Å². The van der Waals surface area contributed by atoms with Gasteiger partial charge in [-0.3, -0.25) is 0 Å². The maximum atomic E-state index is 10.3. The molecular formula is C18H36N2O. The van der Waals surface area contributed by atoms with Gasteiger partial charge in [-0.1, -0.05) is 27.2 Å². The molecule has 1 aliphatic heterocycles. The van der Waals surface area contributed by atoms with Crippen molar-refractivity contribution in [3.8, 4) is 0 Å². The van der Waals surface area contributed by atoms with Crippen molar-refractivity contribution in [2.75, 3.05) is 26.2 Å². The molecule has 2 aliphatic rings. The van der Waals surface area contributed by atoms with E-state index in [2.05, 4.69) is 31.0 Å². The molecule has 0 aromatic heterocycles. The van der Waals surface area contributed by atoms with Crippen LogP contribution in [0.5, 0.6) is 0 Å². The van der Waals surface area contributed by atoms with E-state index in [1.54, 1.807) is 0 Å². The van der Waals surface area contributed by atoms with E-state index in [-0.39, 0.29) is 0 Å². The van der Waals surface area contributed by atoms with Crippen molar-refractivity contribution >= 4 is 0 Å². The zero-order chi connectivity index (χ0) is 15.5. The Morgan fingerprint density at radius 1 is 1.10 bits per heavy atom. The summed E-state index contributed by atoms with van der Waals surface area (Å²) in [5.74, 6) is 0.761. The van der Waals surface area contributed by atoms with Gasteiger partial charge in [0.15, 0.2) is 0 Å². The van der Waals surface area contributed by atoms with E-state index in [9.17, 15) is 5.11 Å². The van der Waals surface area contributed by atoms with Crippen LogP contribution in [0.4, 0.5) is 0 Å². The molecule has 2 rings (SSSR count). The molecule has 1 heterocycles. The van der Waals surface area contributed by atoms with Crippen LogP contribution < -0.4 is 5.32 Å². The summed E-state index contributed by atoms with van der Waals surface area (Å²) in [6.07, 6.45) is 7.08. The second kappa shape index (κ2) is 6.97. The third kappa shape index (κ3) is 4.67. The van der Waals surface area contributed by atoms with Gasteiger partial charge in [0.25, 0.3) is 0 Å². The van der Waals surface area contributed by atoms with Crippen LogP contribution >= 0.6 is 0 Å². The number of hydrogen-bond acceptors (Lipinski definition) is 3. The molecule has 21 heavy (non-hydrogen) atoms. The zero-order valence-corrected chi connectivity index (χ0v) is 14.6. The van der Waals surface area contributed by atoms with E-state index in [4.69, 9.17) is 0 Å². The summed E-state index contributed by atoms with van der Waals surface area (Å²) in [5, 5.41) is 14.0. The van der Waals surface area contributed by atoms with Crippen LogP contribution in [0.15, 0.2) is 0 Å². The third-order valence-corrected chi connectivity index (χ3v) is 5.78. The third-order valence-electron chi connectivity index (χ3n) is 5.78. The van der Waals surface area contributed by atoms with Gasteiger partial charge in [0.2, 0.25) is 0 Å². The SMILES string of the molecule is CCNC1C(CN2CCCC(C)(O)CC2)CCCC1(C)C. The molecule has 0 radical (unpaired) electrons. The number of nitrogens with zero attached hydrogens (tertiary/aromatic N) is 1. The van der Waals surface area contributed by atoms with Gasteiger partial charge in [0.05, 0.1) is 5.60 Å². The molecule has 3 nitrogen and oxygen atoms in total. The maximum absolute atomic E-state index is 10.3. The fourth-order valence-electron chi connectivity index (χ4n) is 4.47. The number of likely N-dealkylation sites (tertiary alicyclic amines) is 1. The second-order valence-corrected chi connectivity index (χ2v) is 8.33. The topological polar surface area (TPSA) is 35.5 Å². The summed E-state index contributed by atoms with van der Waals surface area (Å²) in [4.78, 5) is 2.61. The minimum absolute atomic E-state index is 0.413. The van der Waals surface area contributed by atoms with Gasteiger partial charge in [-0.05, 0) is 63.5 Å². The fourth-order valence-corrected chi connectivity index (χ4v) is 4.47. The predicted octanol–water partition coefficient (Wildman–Crippen LogP) is 3.03. The van der Waals surface area contributed by atoms with Crippen molar-refractivity contribution < 1.29 is 5.11 Å². The zero-order valence-electron chi connectivity index (χ0n) is 14.6. The molecule has 2 fully saturated rings. The minimum atomic E-state index is -0.443. The first-order valence-corrected chi connectivity index (χ1v) is 9.02. The highest BCUT2D eigenvalue weighted by Crippen LogP contribution is 2.39. The van der Waals surface area contributed by atoms with E-state index >= 15 is 0 Å². The molecule has 2 N–H and O–H groups in total. The van der Waals surface area contributed by atoms with Crippen LogP contribution in [0.1, 0.15) is 66.2 Å². The summed E-state index contributed by atoms with van der Waals surface area (Å²) in [6.45, 7) is 13.6. The monoisotopic (exact) mass is 296 g/mol. The van der Waals surface area contributed by atoms with Crippen LogP contribution in [0.3, 0.4) is 0 Å². The van der Waals surface area contributed by atoms with E-state index in [1.807, 2.05) is 6.92 Å². The lowest BCUT2D eigenvalue weighted by Crippen LogP contribution is -2.53. The molecule has 0 bridgehead atoms. The van der Waals surface area contributed by atoms with Gasteiger partial charge in [0, 0.05) is 19.1 Å². The average molecular weight is 296 g/mol. The average Bonchev–Trinajstić information content (AvgIpc) is 2.55. The second-order valence-electron chi connectivity index (χ2n) is 8.33. The van der Waals surface area contributed by atoms with Gasteiger partial charge in [0.1, 0.15) is 0 Å². The van der Waals surface area contributed by atoms with E-state index in [1.165, 1.54) is 25.8 Å². The Kier molecular flexibility index (Phi) is 5.72. The van der Waals surface area contributed by atoms with E-state index in [0.717, 1.165) is 44.8 Å². The summed E-state index contributed by atoms with van der Waals surface area (Å²) >= 11 is 0. The first kappa shape index (κ1) is 17.2. The number of aliphatic hydroxyl groups is 1. The van der Waals surface area contributed by atoms with Crippen LogP contribution in [0.2, 0.25) is 0 Å². The van der Waals surface area contributed by atoms with E-state index < -0.39 is 5.60 Å². The lowest BCUT2D eigenvalue weighted by molar-refractivity contribution is 0.0412. The molecule has 3 heteroatoms. The number of rotatable bonds is 4. The number of hydrogen-bond donors (Lipinski definition) is 2. The van der Waals surface area contributed by atoms with Crippen molar-refractivity contribution in [3.63, 3.8) is 0 Å². The molecule has 1 aliphatic carbocycles. The normalized spacial score (nSPS) is 38.1. The van der Waals surface area contributed by atoms with Crippen molar-refractivity contribution in [1.82, 2.24) is 10.2 Å². The minimum Gasteiger partial charge on any atom is -0.390 e.